The summed E-state index contributed by atoms with van der Waals surface area (Å²) in [7, 11) is 1.53. The van der Waals surface area contributed by atoms with Gasteiger partial charge in [-0.05, 0) is 36.4 Å². The highest BCUT2D eigenvalue weighted by Gasteiger charge is 2.28. The summed E-state index contributed by atoms with van der Waals surface area (Å²) in [6.07, 6.45) is -0.425. The van der Waals surface area contributed by atoms with Gasteiger partial charge in [-0.3, -0.25) is 9.59 Å². The quantitative estimate of drug-likeness (QED) is 0.694. The first kappa shape index (κ1) is 21.9. The summed E-state index contributed by atoms with van der Waals surface area (Å²) in [6, 6.07) is 11.0. The average molecular weight is 418 g/mol. The first-order valence-electron chi connectivity index (χ1n) is 9.68. The molecular formula is C22H24F2N2O4. The van der Waals surface area contributed by atoms with E-state index < -0.39 is 17.7 Å². The number of carbonyl (C=O) groups is 2. The van der Waals surface area contributed by atoms with Crippen molar-refractivity contribution in [2.24, 2.45) is 0 Å². The third-order valence-electron chi connectivity index (χ3n) is 4.85. The minimum atomic E-state index is -0.492. The van der Waals surface area contributed by atoms with Crippen LogP contribution in [0.4, 0.5) is 8.78 Å². The van der Waals surface area contributed by atoms with Crippen molar-refractivity contribution in [3.63, 3.8) is 0 Å². The number of hydrogen-bond acceptors (Lipinski definition) is 4. The molecule has 1 aliphatic heterocycles. The number of hydrogen-bond donors (Lipinski definition) is 0. The number of rotatable bonds is 7. The van der Waals surface area contributed by atoms with E-state index in [4.69, 9.17) is 9.47 Å². The second-order valence-electron chi connectivity index (χ2n) is 7.01. The van der Waals surface area contributed by atoms with Crippen molar-refractivity contribution in [2.75, 3.05) is 46.5 Å². The Morgan fingerprint density at radius 1 is 1.13 bits per heavy atom. The summed E-state index contributed by atoms with van der Waals surface area (Å²) in [5.74, 6) is -1.60. The van der Waals surface area contributed by atoms with Crippen LogP contribution >= 0.6 is 0 Å². The first-order chi connectivity index (χ1) is 14.5. The van der Waals surface area contributed by atoms with E-state index in [1.165, 1.54) is 48.4 Å². The van der Waals surface area contributed by atoms with E-state index in [0.29, 0.717) is 26.3 Å². The number of morpholine rings is 1. The van der Waals surface area contributed by atoms with Gasteiger partial charge in [0.1, 0.15) is 11.6 Å². The molecule has 0 radical (unpaired) electrons. The van der Waals surface area contributed by atoms with Gasteiger partial charge in [0.2, 0.25) is 0 Å². The first-order valence-corrected chi connectivity index (χ1v) is 9.68. The number of halogens is 2. The van der Waals surface area contributed by atoms with Gasteiger partial charge in [-0.15, -0.1) is 0 Å². The van der Waals surface area contributed by atoms with E-state index in [1.807, 2.05) is 0 Å². The molecule has 3 rings (SSSR count). The lowest BCUT2D eigenvalue weighted by atomic mass is 10.1. The topological polar surface area (TPSA) is 59.1 Å². The minimum Gasteiger partial charge on any atom is -0.383 e. The zero-order valence-corrected chi connectivity index (χ0v) is 16.7. The zero-order valence-electron chi connectivity index (χ0n) is 16.7. The van der Waals surface area contributed by atoms with Gasteiger partial charge >= 0.3 is 0 Å². The van der Waals surface area contributed by atoms with Crippen molar-refractivity contribution < 1.29 is 27.8 Å². The maximum Gasteiger partial charge on any atom is 0.254 e. The van der Waals surface area contributed by atoms with E-state index >= 15 is 0 Å². The average Bonchev–Trinajstić information content (AvgIpc) is 2.76. The van der Waals surface area contributed by atoms with Crippen molar-refractivity contribution >= 4 is 11.8 Å². The zero-order chi connectivity index (χ0) is 21.5. The van der Waals surface area contributed by atoms with Crippen molar-refractivity contribution in [3.8, 4) is 0 Å². The number of benzene rings is 2. The van der Waals surface area contributed by atoms with Gasteiger partial charge in [-0.1, -0.05) is 12.1 Å². The van der Waals surface area contributed by atoms with Gasteiger partial charge in [0, 0.05) is 44.4 Å². The fourth-order valence-corrected chi connectivity index (χ4v) is 3.35. The summed E-state index contributed by atoms with van der Waals surface area (Å²) in [4.78, 5) is 28.7. The third-order valence-corrected chi connectivity index (χ3v) is 4.85. The SMILES string of the molecule is COCCN(CC1CN(C(=O)c2cccc(F)c2)CCO1)C(=O)c1cccc(F)c1. The summed E-state index contributed by atoms with van der Waals surface area (Å²) in [5, 5.41) is 0. The van der Waals surface area contributed by atoms with E-state index in [1.54, 1.807) is 17.0 Å². The Labute approximate surface area is 174 Å². The van der Waals surface area contributed by atoms with Crippen LogP contribution in [0.1, 0.15) is 20.7 Å². The molecule has 30 heavy (non-hydrogen) atoms. The maximum absolute atomic E-state index is 13.5. The van der Waals surface area contributed by atoms with Crippen LogP contribution in [0.25, 0.3) is 0 Å². The fourth-order valence-electron chi connectivity index (χ4n) is 3.35. The molecule has 1 aliphatic rings. The molecule has 0 bridgehead atoms. The smallest absolute Gasteiger partial charge is 0.254 e. The van der Waals surface area contributed by atoms with Crippen LogP contribution in [0.2, 0.25) is 0 Å². The highest BCUT2D eigenvalue weighted by Crippen LogP contribution is 2.15. The lowest BCUT2D eigenvalue weighted by molar-refractivity contribution is -0.0347. The van der Waals surface area contributed by atoms with E-state index in [-0.39, 0.29) is 36.0 Å². The van der Waals surface area contributed by atoms with Gasteiger partial charge in [0.05, 0.1) is 19.3 Å². The highest BCUT2D eigenvalue weighted by molar-refractivity contribution is 5.95. The molecule has 2 aromatic rings. The molecule has 6 nitrogen and oxygen atoms in total. The summed E-state index contributed by atoms with van der Waals surface area (Å²) >= 11 is 0. The molecule has 1 atom stereocenters. The van der Waals surface area contributed by atoms with Gasteiger partial charge < -0.3 is 19.3 Å². The lowest BCUT2D eigenvalue weighted by Gasteiger charge is -2.36. The van der Waals surface area contributed by atoms with Crippen LogP contribution in [0.5, 0.6) is 0 Å². The summed E-state index contributed by atoms with van der Waals surface area (Å²) in [6.45, 7) is 1.75. The second kappa shape index (κ2) is 10.3. The highest BCUT2D eigenvalue weighted by atomic mass is 19.1. The standard InChI is InChI=1S/C22H24F2N2O4/c1-29-10-8-25(21(27)16-4-2-6-18(23)12-16)14-20-15-26(9-11-30-20)22(28)17-5-3-7-19(24)13-17/h2-7,12-13,20H,8-11,14-15H2,1H3. The predicted molar refractivity (Wildman–Crippen MR) is 106 cm³/mol. The van der Waals surface area contributed by atoms with Crippen molar-refractivity contribution in [1.29, 1.82) is 0 Å². The molecule has 2 aromatic carbocycles. The Morgan fingerprint density at radius 2 is 1.80 bits per heavy atom. The maximum atomic E-state index is 13.5. The second-order valence-corrected chi connectivity index (χ2v) is 7.01. The van der Waals surface area contributed by atoms with E-state index in [0.717, 1.165) is 0 Å². The van der Waals surface area contributed by atoms with Crippen LogP contribution < -0.4 is 0 Å². The Morgan fingerprint density at radius 3 is 2.47 bits per heavy atom. The number of methoxy groups -OCH3 is 1. The molecule has 0 N–H and O–H groups in total. The van der Waals surface area contributed by atoms with E-state index in [9.17, 15) is 18.4 Å². The molecule has 0 spiro atoms. The number of carbonyl (C=O) groups excluding carboxylic acids is 2. The minimum absolute atomic E-state index is 0.214. The van der Waals surface area contributed by atoms with E-state index in [2.05, 4.69) is 0 Å². The molecule has 1 heterocycles. The Hall–Kier alpha value is -2.84. The van der Waals surface area contributed by atoms with Crippen molar-refractivity contribution in [1.82, 2.24) is 9.80 Å². The monoisotopic (exact) mass is 418 g/mol. The lowest BCUT2D eigenvalue weighted by Crippen LogP contribution is -2.51. The number of ether oxygens (including phenoxy) is 2. The molecule has 1 fully saturated rings. The van der Waals surface area contributed by atoms with Gasteiger partial charge in [-0.25, -0.2) is 8.78 Å². The molecule has 0 aromatic heterocycles. The van der Waals surface area contributed by atoms with Crippen LogP contribution in [-0.4, -0.2) is 74.2 Å². The summed E-state index contributed by atoms with van der Waals surface area (Å²) < 4.78 is 37.9. The molecule has 0 aliphatic carbocycles. The largest absolute Gasteiger partial charge is 0.383 e. The van der Waals surface area contributed by atoms with Crippen molar-refractivity contribution in [3.05, 3.63) is 71.3 Å². The third kappa shape index (κ3) is 5.61. The summed E-state index contributed by atoms with van der Waals surface area (Å²) in [5.41, 5.74) is 0.498. The van der Waals surface area contributed by atoms with Crippen LogP contribution in [0, 0.1) is 11.6 Å². The van der Waals surface area contributed by atoms with Gasteiger partial charge in [-0.2, -0.15) is 0 Å². The molecule has 1 unspecified atom stereocenters. The van der Waals surface area contributed by atoms with Crippen LogP contribution in [-0.2, 0) is 9.47 Å². The Bertz CT molecular complexity index is 893. The Kier molecular flexibility index (Phi) is 7.48. The van der Waals surface area contributed by atoms with Crippen LogP contribution in [0.3, 0.4) is 0 Å². The van der Waals surface area contributed by atoms with Gasteiger partial charge in [0.15, 0.2) is 0 Å². The molecule has 160 valence electrons. The molecule has 0 saturated carbocycles. The normalized spacial score (nSPS) is 16.4. The van der Waals surface area contributed by atoms with Crippen LogP contribution in [0.15, 0.2) is 48.5 Å². The predicted octanol–water partition coefficient (Wildman–Crippen LogP) is 2.59. The number of nitrogens with zero attached hydrogens (tertiary/aromatic N) is 2. The molecular weight excluding hydrogens is 394 g/mol. The molecule has 8 heteroatoms. The molecule has 2 amide bonds. The molecule has 1 saturated heterocycles. The number of amides is 2. The Balaban J connectivity index is 1.69. The van der Waals surface area contributed by atoms with Crippen molar-refractivity contribution in [2.45, 2.75) is 6.10 Å². The van der Waals surface area contributed by atoms with Gasteiger partial charge in [0.25, 0.3) is 11.8 Å². The fraction of sp³-hybridized carbons (Fsp3) is 0.364.